The summed E-state index contributed by atoms with van der Waals surface area (Å²) in [5.74, 6) is 1.38. The lowest BCUT2D eigenvalue weighted by atomic mass is 9.74. The van der Waals surface area contributed by atoms with E-state index in [9.17, 15) is 19.2 Å². The molecule has 71 heavy (non-hydrogen) atoms. The summed E-state index contributed by atoms with van der Waals surface area (Å²) in [6.07, 6.45) is 19.3. The van der Waals surface area contributed by atoms with E-state index in [2.05, 4.69) is 29.2 Å². The highest BCUT2D eigenvalue weighted by Crippen LogP contribution is 2.44. The molecule has 0 amide bonds. The van der Waals surface area contributed by atoms with Gasteiger partial charge in [-0.15, -0.1) is 0 Å². The minimum Gasteiger partial charge on any atom is -0.455 e. The maximum atomic E-state index is 13.9. The van der Waals surface area contributed by atoms with Gasteiger partial charge in [-0.1, -0.05) is 157 Å². The number of ketones is 2. The van der Waals surface area contributed by atoms with E-state index in [0.717, 1.165) is 153 Å². The number of piperidine rings is 6. The van der Waals surface area contributed by atoms with Gasteiger partial charge in [0, 0.05) is 62.3 Å². The molecule has 2 saturated carbocycles. The SMILES string of the molecule is C.C.Cc1cc(CC(=O)C[N+]23CCC(CC2)[C@@H](OC(=O)C2(c4ccccc4)CCCCCC2)C3)ccn1.O=C(Cc1ccccc1)C[N+]12CCC(CC1)[C@@H](OC(=O)C1(c3ccccc3)CCCCCC1)C2. The van der Waals surface area contributed by atoms with Gasteiger partial charge in [0.05, 0.1) is 37.0 Å². The first-order chi connectivity index (χ1) is 33.6. The highest BCUT2D eigenvalue weighted by Gasteiger charge is 2.53. The summed E-state index contributed by atoms with van der Waals surface area (Å²) in [6, 6.07) is 34.6. The number of benzene rings is 3. The van der Waals surface area contributed by atoms with Crippen LogP contribution in [0.15, 0.2) is 109 Å². The Kier molecular flexibility index (Phi) is 18.3. The smallest absolute Gasteiger partial charge is 0.317 e. The Hall–Kier alpha value is -4.99. The number of esters is 2. The van der Waals surface area contributed by atoms with Crippen molar-refractivity contribution in [2.24, 2.45) is 11.8 Å². The zero-order valence-electron chi connectivity index (χ0n) is 41.4. The van der Waals surface area contributed by atoms with Gasteiger partial charge in [0.1, 0.15) is 26.2 Å². The van der Waals surface area contributed by atoms with E-state index in [1.165, 1.54) is 25.7 Å². The van der Waals surface area contributed by atoms with Gasteiger partial charge in [-0.25, -0.2) is 0 Å². The molecule has 0 radical (unpaired) electrons. The lowest BCUT2D eigenvalue weighted by Crippen LogP contribution is -2.66. The number of aromatic nitrogens is 1. The molecule has 7 heterocycles. The molecular weight excluding hydrogens is 883 g/mol. The Morgan fingerprint density at radius 1 is 0.521 bits per heavy atom. The first-order valence-electron chi connectivity index (χ1n) is 26.8. The molecule has 3 aromatic carbocycles. The van der Waals surface area contributed by atoms with E-state index >= 15 is 0 Å². The number of carbonyl (C=O) groups excluding carboxylic acids is 4. The molecule has 8 aliphatic rings. The van der Waals surface area contributed by atoms with Crippen molar-refractivity contribution in [2.45, 2.75) is 160 Å². The monoisotopic (exact) mass is 968 g/mol. The number of ether oxygens (including phenoxy) is 2. The Morgan fingerprint density at radius 3 is 1.30 bits per heavy atom. The molecule has 2 atom stereocenters. The van der Waals surface area contributed by atoms with Crippen LogP contribution in [0.5, 0.6) is 0 Å². The number of fused-ring (bicyclic) bond motifs is 6. The number of nitrogens with zero attached hydrogens (tertiary/aromatic N) is 3. The average molecular weight is 968 g/mol. The van der Waals surface area contributed by atoms with Crippen LogP contribution in [0.25, 0.3) is 0 Å². The Bertz CT molecular complexity index is 2340. The van der Waals surface area contributed by atoms with Crippen molar-refractivity contribution in [3.63, 3.8) is 0 Å². The standard InChI is InChI=1S/C30H39N2O3.C30H38NO3.2CH4/c1-23-19-24(11-16-31-23)20-27(33)21-32-17-12-25(13-18-32)28(22-32)35-29(34)30(14-7-2-3-8-15-30)26-9-5-4-6-10-26;32-27(21-24-11-5-3-6-12-24)22-31-19-15-25(16-20-31)28(23-31)34-29(33)30(17-9-1-2-10-18-30)26-13-7-4-8-14-26;;/h4-6,9-11,16,19,25,28H,2-3,7-8,12-15,17-18,20-22H2,1H3;3-8,11-14,25,28H,1-2,9-10,15-23H2;2*1H4/q2*+1;;/t25?,28-,32?;25?,28-,31?;;/m00../s1. The highest BCUT2D eigenvalue weighted by atomic mass is 16.6. The summed E-state index contributed by atoms with van der Waals surface area (Å²) >= 11 is 0. The molecule has 6 aliphatic heterocycles. The zero-order chi connectivity index (χ0) is 47.7. The van der Waals surface area contributed by atoms with Gasteiger partial charge in [-0.3, -0.25) is 24.2 Å². The number of hydrogen-bond acceptors (Lipinski definition) is 7. The summed E-state index contributed by atoms with van der Waals surface area (Å²) < 4.78 is 14.4. The molecule has 0 N–H and O–H groups in total. The lowest BCUT2D eigenvalue weighted by molar-refractivity contribution is -0.939. The Labute approximate surface area is 426 Å². The van der Waals surface area contributed by atoms with E-state index in [4.69, 9.17) is 9.47 Å². The van der Waals surface area contributed by atoms with Crippen molar-refractivity contribution >= 4 is 23.5 Å². The van der Waals surface area contributed by atoms with Crippen molar-refractivity contribution in [3.8, 4) is 0 Å². The number of quaternary nitrogens is 2. The Morgan fingerprint density at radius 2 is 0.901 bits per heavy atom. The normalized spacial score (nSPS) is 27.1. The third-order valence-corrected chi connectivity index (χ3v) is 17.6. The fourth-order valence-corrected chi connectivity index (χ4v) is 13.7. The molecule has 0 unspecified atom stereocenters. The summed E-state index contributed by atoms with van der Waals surface area (Å²) in [5.41, 5.74) is 4.25. The molecule has 4 aromatic rings. The molecule has 9 heteroatoms. The van der Waals surface area contributed by atoms with Gasteiger partial charge in [0.25, 0.3) is 0 Å². The number of Topliss-reactive ketones (excluding diaryl/α,β-unsaturated/α-hetero) is 2. The van der Waals surface area contributed by atoms with Crippen molar-refractivity contribution in [1.82, 2.24) is 4.98 Å². The maximum Gasteiger partial charge on any atom is 0.317 e. The second-order valence-corrected chi connectivity index (χ2v) is 22.3. The van der Waals surface area contributed by atoms with E-state index in [1.54, 1.807) is 6.20 Å². The van der Waals surface area contributed by atoms with Crippen molar-refractivity contribution in [3.05, 3.63) is 137 Å². The summed E-state index contributed by atoms with van der Waals surface area (Å²) in [5, 5.41) is 0. The quantitative estimate of drug-likeness (QED) is 0.0705. The molecule has 2 aliphatic carbocycles. The van der Waals surface area contributed by atoms with Crippen LogP contribution >= 0.6 is 0 Å². The van der Waals surface area contributed by atoms with Gasteiger partial charge < -0.3 is 18.4 Å². The Balaban J connectivity index is 0.000000203. The van der Waals surface area contributed by atoms with Gasteiger partial charge in [0.2, 0.25) is 0 Å². The predicted octanol–water partition coefficient (Wildman–Crippen LogP) is 11.5. The van der Waals surface area contributed by atoms with Crippen molar-refractivity contribution in [2.75, 3.05) is 52.4 Å². The largest absolute Gasteiger partial charge is 0.455 e. The molecule has 6 saturated heterocycles. The van der Waals surface area contributed by atoms with Crippen LogP contribution in [-0.4, -0.2) is 102 Å². The molecule has 4 bridgehead atoms. The van der Waals surface area contributed by atoms with Crippen LogP contribution < -0.4 is 0 Å². The van der Waals surface area contributed by atoms with Gasteiger partial charge in [-0.05, 0) is 67.0 Å². The summed E-state index contributed by atoms with van der Waals surface area (Å²) in [6.45, 7) is 8.72. The van der Waals surface area contributed by atoms with Crippen LogP contribution in [0.2, 0.25) is 0 Å². The van der Waals surface area contributed by atoms with Crippen LogP contribution in [0.1, 0.15) is 146 Å². The van der Waals surface area contributed by atoms with Gasteiger partial charge in [-0.2, -0.15) is 0 Å². The molecule has 9 nitrogen and oxygen atoms in total. The van der Waals surface area contributed by atoms with Crippen molar-refractivity contribution in [1.29, 1.82) is 0 Å². The first-order valence-corrected chi connectivity index (χ1v) is 26.8. The topological polar surface area (TPSA) is 99.6 Å². The minimum atomic E-state index is -0.524. The van der Waals surface area contributed by atoms with Crippen LogP contribution in [0.4, 0.5) is 0 Å². The fourth-order valence-electron chi connectivity index (χ4n) is 13.7. The van der Waals surface area contributed by atoms with Gasteiger partial charge >= 0.3 is 11.9 Å². The summed E-state index contributed by atoms with van der Waals surface area (Å²) in [7, 11) is 0. The summed E-state index contributed by atoms with van der Waals surface area (Å²) in [4.78, 5) is 58.1. The molecular formula is C62H85N3O6+2. The van der Waals surface area contributed by atoms with Crippen LogP contribution in [-0.2, 0) is 52.3 Å². The first kappa shape index (κ1) is 53.8. The third kappa shape index (κ3) is 12.6. The third-order valence-electron chi connectivity index (χ3n) is 17.6. The fraction of sp³-hybridized carbons (Fsp3) is 0.565. The lowest BCUT2D eigenvalue weighted by Gasteiger charge is -2.52. The number of rotatable bonds is 14. The molecule has 8 fully saturated rings. The number of hydrogen-bond donors (Lipinski definition) is 0. The maximum absolute atomic E-state index is 13.9. The van der Waals surface area contributed by atoms with Crippen LogP contribution in [0, 0.1) is 18.8 Å². The molecule has 0 spiro atoms. The highest BCUT2D eigenvalue weighted by molar-refractivity contribution is 5.85. The van der Waals surface area contributed by atoms with Gasteiger partial charge in [0.15, 0.2) is 23.8 Å². The van der Waals surface area contributed by atoms with E-state index < -0.39 is 10.8 Å². The minimum absolute atomic E-state index is 0. The van der Waals surface area contributed by atoms with E-state index in [-0.39, 0.29) is 44.8 Å². The van der Waals surface area contributed by atoms with Crippen LogP contribution in [0.3, 0.4) is 0 Å². The predicted molar refractivity (Wildman–Crippen MR) is 283 cm³/mol. The van der Waals surface area contributed by atoms with E-state index in [0.29, 0.717) is 43.6 Å². The molecule has 12 rings (SSSR count). The van der Waals surface area contributed by atoms with E-state index in [1.807, 2.05) is 85.8 Å². The number of carbonyl (C=O) groups is 4. The second kappa shape index (κ2) is 24.2. The number of pyridine rings is 1. The second-order valence-electron chi connectivity index (χ2n) is 22.3. The van der Waals surface area contributed by atoms with Crippen molar-refractivity contribution < 1.29 is 37.6 Å². The average Bonchev–Trinajstić information content (AvgIpc) is 3.79. The molecule has 382 valence electrons. The molecule has 1 aromatic heterocycles. The zero-order valence-corrected chi connectivity index (χ0v) is 41.4. The number of aryl methyl sites for hydroxylation is 1.